The van der Waals surface area contributed by atoms with Crippen LogP contribution in [-0.4, -0.2) is 56.3 Å². The molecule has 120 valence electrons. The van der Waals surface area contributed by atoms with Crippen LogP contribution in [0, 0.1) is 0 Å². The summed E-state index contributed by atoms with van der Waals surface area (Å²) in [5.41, 5.74) is 2.11. The lowest BCUT2D eigenvalue weighted by Gasteiger charge is -2.30. The van der Waals surface area contributed by atoms with Gasteiger partial charge in [-0.25, -0.2) is 8.42 Å². The number of aliphatic hydroxyl groups excluding tert-OH is 1. The van der Waals surface area contributed by atoms with E-state index in [4.69, 9.17) is 0 Å². The molecule has 1 N–H and O–H groups in total. The maximum absolute atomic E-state index is 12.5. The summed E-state index contributed by atoms with van der Waals surface area (Å²) < 4.78 is 24.8. The van der Waals surface area contributed by atoms with Crippen LogP contribution in [0.15, 0.2) is 18.2 Å². The van der Waals surface area contributed by atoms with Crippen LogP contribution in [0.2, 0.25) is 0 Å². The number of sulfonamides is 1. The molecule has 6 nitrogen and oxygen atoms in total. The third-order valence-electron chi connectivity index (χ3n) is 4.26. The van der Waals surface area contributed by atoms with Gasteiger partial charge in [0.1, 0.15) is 0 Å². The van der Waals surface area contributed by atoms with E-state index < -0.39 is 16.1 Å². The maximum Gasteiger partial charge on any atom is 0.253 e. The van der Waals surface area contributed by atoms with Gasteiger partial charge in [-0.2, -0.15) is 0 Å². The summed E-state index contributed by atoms with van der Waals surface area (Å²) in [7, 11) is -3.27. The zero-order valence-electron chi connectivity index (χ0n) is 12.5. The number of β-amino-alcohol motifs (C(OH)–C–C–N with tert-alkyl or cyclic N) is 1. The Morgan fingerprint density at radius 3 is 2.77 bits per heavy atom. The lowest BCUT2D eigenvalue weighted by Crippen LogP contribution is -2.42. The average Bonchev–Trinajstić information content (AvgIpc) is 2.89. The van der Waals surface area contributed by atoms with Crippen LogP contribution in [0.3, 0.4) is 0 Å². The average molecular weight is 324 g/mol. The highest BCUT2D eigenvalue weighted by Crippen LogP contribution is 2.31. The SMILES string of the molecule is CS(=O)(=O)N1CCc2cc(C(=O)N3CCC[C@@H](O)C3)ccc21. The van der Waals surface area contributed by atoms with Crippen molar-refractivity contribution in [2.75, 3.05) is 30.2 Å². The van der Waals surface area contributed by atoms with E-state index in [2.05, 4.69) is 0 Å². The van der Waals surface area contributed by atoms with E-state index in [1.807, 2.05) is 0 Å². The van der Waals surface area contributed by atoms with E-state index >= 15 is 0 Å². The molecule has 22 heavy (non-hydrogen) atoms. The molecule has 2 aliphatic rings. The molecule has 0 unspecified atom stereocenters. The number of amides is 1. The highest BCUT2D eigenvalue weighted by molar-refractivity contribution is 7.92. The monoisotopic (exact) mass is 324 g/mol. The molecule has 1 aromatic rings. The molecule has 0 bridgehead atoms. The Labute approximate surface area is 130 Å². The first-order valence-electron chi connectivity index (χ1n) is 7.44. The standard InChI is InChI=1S/C15H20N2O4S/c1-22(20,21)17-8-6-11-9-12(4-5-14(11)17)15(19)16-7-2-3-13(18)10-16/h4-5,9,13,18H,2-3,6-8,10H2,1H3/t13-/m1/s1. The minimum atomic E-state index is -3.27. The van der Waals surface area contributed by atoms with Gasteiger partial charge in [0, 0.05) is 25.2 Å². The van der Waals surface area contributed by atoms with Crippen molar-refractivity contribution in [2.24, 2.45) is 0 Å². The third-order valence-corrected chi connectivity index (χ3v) is 5.44. The van der Waals surface area contributed by atoms with E-state index in [1.54, 1.807) is 23.1 Å². The second kappa shape index (κ2) is 5.55. The summed E-state index contributed by atoms with van der Waals surface area (Å²) in [5, 5.41) is 9.69. The van der Waals surface area contributed by atoms with Crippen LogP contribution in [0.4, 0.5) is 5.69 Å². The summed E-state index contributed by atoms with van der Waals surface area (Å²) in [5.74, 6) is -0.0978. The lowest BCUT2D eigenvalue weighted by atomic mass is 10.0. The summed E-state index contributed by atoms with van der Waals surface area (Å²) in [6, 6.07) is 5.16. The summed E-state index contributed by atoms with van der Waals surface area (Å²) in [4.78, 5) is 14.2. The second-order valence-electron chi connectivity index (χ2n) is 5.98. The van der Waals surface area contributed by atoms with Crippen LogP contribution >= 0.6 is 0 Å². The Morgan fingerprint density at radius 2 is 2.09 bits per heavy atom. The summed E-state index contributed by atoms with van der Waals surface area (Å²) in [6.45, 7) is 1.45. The van der Waals surface area contributed by atoms with Crippen LogP contribution < -0.4 is 4.31 Å². The predicted octanol–water partition coefficient (Wildman–Crippen LogP) is 0.606. The van der Waals surface area contributed by atoms with Gasteiger partial charge in [0.15, 0.2) is 0 Å². The van der Waals surface area contributed by atoms with E-state index in [0.717, 1.165) is 18.4 Å². The molecule has 1 atom stereocenters. The van der Waals surface area contributed by atoms with Gasteiger partial charge >= 0.3 is 0 Å². The molecule has 0 aromatic heterocycles. The zero-order chi connectivity index (χ0) is 15.9. The van der Waals surface area contributed by atoms with Gasteiger partial charge in [-0.05, 0) is 43.0 Å². The van der Waals surface area contributed by atoms with Gasteiger partial charge in [0.05, 0.1) is 18.0 Å². The number of anilines is 1. The van der Waals surface area contributed by atoms with Gasteiger partial charge in [-0.15, -0.1) is 0 Å². The molecule has 3 rings (SSSR count). The van der Waals surface area contributed by atoms with Crippen LogP contribution in [0.1, 0.15) is 28.8 Å². The lowest BCUT2D eigenvalue weighted by molar-refractivity contribution is 0.0473. The maximum atomic E-state index is 12.5. The van der Waals surface area contributed by atoms with Crippen LogP contribution in [0.25, 0.3) is 0 Å². The van der Waals surface area contributed by atoms with Crippen molar-refractivity contribution < 1.29 is 18.3 Å². The Morgan fingerprint density at radius 1 is 1.32 bits per heavy atom. The van der Waals surface area contributed by atoms with Gasteiger partial charge in [-0.1, -0.05) is 0 Å². The largest absolute Gasteiger partial charge is 0.391 e. The highest BCUT2D eigenvalue weighted by Gasteiger charge is 2.28. The topological polar surface area (TPSA) is 77.9 Å². The molecule has 0 saturated carbocycles. The first-order chi connectivity index (χ1) is 10.4. The fraction of sp³-hybridized carbons (Fsp3) is 0.533. The molecular weight excluding hydrogens is 304 g/mol. The van der Waals surface area contributed by atoms with Crippen molar-refractivity contribution in [3.05, 3.63) is 29.3 Å². The molecule has 2 aliphatic heterocycles. The van der Waals surface area contributed by atoms with Crippen molar-refractivity contribution in [3.63, 3.8) is 0 Å². The number of carbonyl (C=O) groups excluding carboxylic acids is 1. The Balaban J connectivity index is 1.84. The van der Waals surface area contributed by atoms with E-state index in [0.29, 0.717) is 37.3 Å². The molecule has 0 spiro atoms. The van der Waals surface area contributed by atoms with Gasteiger partial charge < -0.3 is 10.0 Å². The predicted molar refractivity (Wildman–Crippen MR) is 83.5 cm³/mol. The Hall–Kier alpha value is -1.60. The minimum absolute atomic E-state index is 0.0978. The Kier molecular flexibility index (Phi) is 3.86. The smallest absolute Gasteiger partial charge is 0.253 e. The molecule has 0 aliphatic carbocycles. The number of aliphatic hydroxyl groups is 1. The van der Waals surface area contributed by atoms with Crippen molar-refractivity contribution in [1.29, 1.82) is 0 Å². The minimum Gasteiger partial charge on any atom is -0.391 e. The number of benzene rings is 1. The third kappa shape index (κ3) is 2.83. The summed E-state index contributed by atoms with van der Waals surface area (Å²) >= 11 is 0. The fourth-order valence-corrected chi connectivity index (χ4v) is 4.13. The number of hydrogen-bond donors (Lipinski definition) is 1. The van der Waals surface area contributed by atoms with Crippen molar-refractivity contribution in [2.45, 2.75) is 25.4 Å². The zero-order valence-corrected chi connectivity index (χ0v) is 13.3. The first kappa shape index (κ1) is 15.3. The fourth-order valence-electron chi connectivity index (χ4n) is 3.17. The van der Waals surface area contributed by atoms with Crippen LogP contribution in [-0.2, 0) is 16.4 Å². The number of carbonyl (C=O) groups is 1. The molecule has 0 radical (unpaired) electrons. The van der Waals surface area contributed by atoms with Crippen molar-refractivity contribution >= 4 is 21.6 Å². The molecule has 1 amide bonds. The van der Waals surface area contributed by atoms with E-state index in [9.17, 15) is 18.3 Å². The molecule has 2 heterocycles. The number of nitrogens with zero attached hydrogens (tertiary/aromatic N) is 2. The molecule has 1 saturated heterocycles. The number of piperidine rings is 1. The molecule has 1 aromatic carbocycles. The Bertz CT molecular complexity index is 701. The molecular formula is C15H20N2O4S. The summed E-state index contributed by atoms with van der Waals surface area (Å²) in [6.07, 6.45) is 2.90. The molecule has 7 heteroatoms. The van der Waals surface area contributed by atoms with E-state index in [-0.39, 0.29) is 5.91 Å². The number of hydrogen-bond acceptors (Lipinski definition) is 4. The molecule has 1 fully saturated rings. The number of fused-ring (bicyclic) bond motifs is 1. The number of rotatable bonds is 2. The highest BCUT2D eigenvalue weighted by atomic mass is 32.2. The van der Waals surface area contributed by atoms with Crippen molar-refractivity contribution in [1.82, 2.24) is 4.90 Å². The van der Waals surface area contributed by atoms with E-state index in [1.165, 1.54) is 10.6 Å². The number of likely N-dealkylation sites (tertiary alicyclic amines) is 1. The quantitative estimate of drug-likeness (QED) is 0.864. The first-order valence-corrected chi connectivity index (χ1v) is 9.29. The van der Waals surface area contributed by atoms with Crippen molar-refractivity contribution in [3.8, 4) is 0 Å². The van der Waals surface area contributed by atoms with Gasteiger partial charge in [0.25, 0.3) is 5.91 Å². The van der Waals surface area contributed by atoms with Crippen LogP contribution in [0.5, 0.6) is 0 Å². The van der Waals surface area contributed by atoms with Gasteiger partial charge in [0.2, 0.25) is 10.0 Å². The second-order valence-corrected chi connectivity index (χ2v) is 7.88. The normalized spacial score (nSPS) is 21.8. The van der Waals surface area contributed by atoms with Gasteiger partial charge in [-0.3, -0.25) is 9.10 Å².